The van der Waals surface area contributed by atoms with Gasteiger partial charge in [-0.2, -0.15) is 0 Å². The van der Waals surface area contributed by atoms with E-state index in [1.54, 1.807) is 19.9 Å². The van der Waals surface area contributed by atoms with Gasteiger partial charge in [0, 0.05) is 18.2 Å². The predicted molar refractivity (Wildman–Crippen MR) is 81.1 cm³/mol. The number of amides is 3. The number of urea groups is 1. The third-order valence-electron chi connectivity index (χ3n) is 2.90. The maximum absolute atomic E-state index is 11.9. The summed E-state index contributed by atoms with van der Waals surface area (Å²) in [5.41, 5.74) is 7.80. The van der Waals surface area contributed by atoms with E-state index in [0.717, 1.165) is 11.1 Å². The second kappa shape index (κ2) is 7.64. The lowest BCUT2D eigenvalue weighted by molar-refractivity contribution is -0.126. The van der Waals surface area contributed by atoms with Crippen LogP contribution in [0, 0.1) is 6.92 Å². The molecule has 1 aromatic rings. The van der Waals surface area contributed by atoms with Crippen LogP contribution in [0.2, 0.25) is 0 Å². The zero-order valence-electron chi connectivity index (χ0n) is 12.9. The van der Waals surface area contributed by atoms with Crippen molar-refractivity contribution in [1.29, 1.82) is 0 Å². The van der Waals surface area contributed by atoms with Crippen molar-refractivity contribution in [3.05, 3.63) is 29.3 Å². The van der Waals surface area contributed by atoms with Gasteiger partial charge in [0.05, 0.1) is 0 Å². The molecule has 0 spiro atoms. The third-order valence-corrected chi connectivity index (χ3v) is 2.90. The molecule has 4 N–H and O–H groups in total. The van der Waals surface area contributed by atoms with Gasteiger partial charge in [0.15, 0.2) is 6.10 Å². The number of aryl methyl sites for hydroxylation is 1. The van der Waals surface area contributed by atoms with Crippen LogP contribution in [0.1, 0.15) is 37.9 Å². The largest absolute Gasteiger partial charge is 0.481 e. The van der Waals surface area contributed by atoms with Crippen molar-refractivity contribution >= 4 is 11.9 Å². The fourth-order valence-corrected chi connectivity index (χ4v) is 1.79. The maximum atomic E-state index is 11.9. The number of ether oxygens (including phenoxy) is 1. The van der Waals surface area contributed by atoms with Crippen LogP contribution in [0.25, 0.3) is 0 Å². The minimum absolute atomic E-state index is 0.210. The number of nitrogens with one attached hydrogen (secondary N) is 2. The van der Waals surface area contributed by atoms with Gasteiger partial charge in [0.25, 0.3) is 5.91 Å². The molecule has 0 bridgehead atoms. The van der Waals surface area contributed by atoms with Gasteiger partial charge in [-0.1, -0.05) is 17.7 Å². The predicted octanol–water partition coefficient (Wildman–Crippen LogP) is 1.63. The van der Waals surface area contributed by atoms with Crippen LogP contribution in [0.5, 0.6) is 5.75 Å². The summed E-state index contributed by atoms with van der Waals surface area (Å²) in [6, 6.07) is 4.85. The Hall–Kier alpha value is -2.08. The Morgan fingerprint density at radius 2 is 2.00 bits per heavy atom. The molecule has 0 saturated carbocycles. The molecular formula is C15H23N3O3. The van der Waals surface area contributed by atoms with Gasteiger partial charge in [0.2, 0.25) is 0 Å². The number of rotatable bonds is 5. The molecule has 116 valence electrons. The number of carbonyl (C=O) groups excluding carboxylic acids is 2. The first-order valence-electron chi connectivity index (χ1n) is 6.96. The summed E-state index contributed by atoms with van der Waals surface area (Å²) in [6.07, 6.45) is -0.798. The molecule has 0 fully saturated rings. The molecule has 21 heavy (non-hydrogen) atoms. The highest BCUT2D eigenvalue weighted by Gasteiger charge is 2.19. The van der Waals surface area contributed by atoms with Crippen molar-refractivity contribution in [2.45, 2.75) is 39.8 Å². The van der Waals surface area contributed by atoms with Crippen LogP contribution >= 0.6 is 0 Å². The van der Waals surface area contributed by atoms with Crippen molar-refractivity contribution < 1.29 is 14.3 Å². The van der Waals surface area contributed by atoms with Crippen molar-refractivity contribution in [2.24, 2.45) is 5.73 Å². The second-order valence-electron chi connectivity index (χ2n) is 4.94. The Balaban J connectivity index is 2.76. The second-order valence-corrected chi connectivity index (χ2v) is 4.94. The average molecular weight is 293 g/mol. The molecule has 0 saturated heterocycles. The average Bonchev–Trinajstić information content (AvgIpc) is 2.40. The quantitative estimate of drug-likeness (QED) is 0.769. The Morgan fingerprint density at radius 3 is 2.57 bits per heavy atom. The lowest BCUT2D eigenvalue weighted by Gasteiger charge is -2.19. The summed E-state index contributed by atoms with van der Waals surface area (Å²) in [7, 11) is 0. The number of imide groups is 1. The first-order chi connectivity index (χ1) is 9.85. The summed E-state index contributed by atoms with van der Waals surface area (Å²) >= 11 is 0. The summed E-state index contributed by atoms with van der Waals surface area (Å²) in [5, 5.41) is 4.70. The van der Waals surface area contributed by atoms with Crippen molar-refractivity contribution in [3.8, 4) is 5.75 Å². The molecule has 6 heteroatoms. The molecule has 6 nitrogen and oxygen atoms in total. The molecule has 0 aliphatic carbocycles. The molecule has 1 aromatic carbocycles. The van der Waals surface area contributed by atoms with E-state index in [-0.39, 0.29) is 6.04 Å². The van der Waals surface area contributed by atoms with Crippen LogP contribution in [-0.4, -0.2) is 24.6 Å². The Bertz CT molecular complexity index is 515. The highest BCUT2D eigenvalue weighted by Crippen LogP contribution is 2.25. The van der Waals surface area contributed by atoms with E-state index in [9.17, 15) is 9.59 Å². The van der Waals surface area contributed by atoms with E-state index < -0.39 is 18.0 Å². The first kappa shape index (κ1) is 17.0. The summed E-state index contributed by atoms with van der Waals surface area (Å²) in [4.78, 5) is 23.2. The molecule has 0 aliphatic heterocycles. The van der Waals surface area contributed by atoms with Crippen molar-refractivity contribution in [2.75, 3.05) is 6.54 Å². The van der Waals surface area contributed by atoms with Gasteiger partial charge < -0.3 is 15.8 Å². The van der Waals surface area contributed by atoms with E-state index in [0.29, 0.717) is 12.3 Å². The van der Waals surface area contributed by atoms with E-state index in [4.69, 9.17) is 10.5 Å². The zero-order valence-corrected chi connectivity index (χ0v) is 12.9. The lowest BCUT2D eigenvalue weighted by Crippen LogP contribution is -2.45. The van der Waals surface area contributed by atoms with Gasteiger partial charge in [-0.05, 0) is 33.8 Å². The zero-order chi connectivity index (χ0) is 16.0. The molecule has 0 radical (unpaired) electrons. The van der Waals surface area contributed by atoms with Gasteiger partial charge in [-0.3, -0.25) is 10.1 Å². The molecule has 0 aliphatic rings. The SMILES string of the molecule is CCNC(=O)NC(=O)C(C)Oc1ccc(C)cc1[C@@H](C)N. The Kier molecular flexibility index (Phi) is 6.17. The van der Waals surface area contributed by atoms with Gasteiger partial charge >= 0.3 is 6.03 Å². The van der Waals surface area contributed by atoms with Crippen LogP contribution < -0.4 is 21.1 Å². The molecule has 2 atom stereocenters. The molecule has 0 aromatic heterocycles. The first-order valence-corrected chi connectivity index (χ1v) is 6.96. The Morgan fingerprint density at radius 1 is 1.33 bits per heavy atom. The summed E-state index contributed by atoms with van der Waals surface area (Å²) in [5.74, 6) is 0.0475. The minimum Gasteiger partial charge on any atom is -0.481 e. The smallest absolute Gasteiger partial charge is 0.321 e. The minimum atomic E-state index is -0.798. The van der Waals surface area contributed by atoms with E-state index in [2.05, 4.69) is 10.6 Å². The molecule has 1 unspecified atom stereocenters. The number of nitrogens with two attached hydrogens (primary N) is 1. The number of hydrogen-bond donors (Lipinski definition) is 3. The van der Waals surface area contributed by atoms with Crippen LogP contribution in [0.4, 0.5) is 4.79 Å². The standard InChI is InChI=1S/C15H23N3O3/c1-5-17-15(20)18-14(19)11(4)21-13-7-6-9(2)8-12(13)10(3)16/h6-8,10-11H,5,16H2,1-4H3,(H2,17,18,19,20)/t10-,11?/m1/s1. The van der Waals surface area contributed by atoms with E-state index in [1.165, 1.54) is 0 Å². The molecule has 3 amide bonds. The van der Waals surface area contributed by atoms with E-state index in [1.807, 2.05) is 26.0 Å². The van der Waals surface area contributed by atoms with Crippen LogP contribution in [-0.2, 0) is 4.79 Å². The number of benzene rings is 1. The van der Waals surface area contributed by atoms with Gasteiger partial charge in [-0.25, -0.2) is 4.79 Å². The van der Waals surface area contributed by atoms with Crippen LogP contribution in [0.3, 0.4) is 0 Å². The van der Waals surface area contributed by atoms with Crippen molar-refractivity contribution in [1.82, 2.24) is 10.6 Å². The number of carbonyl (C=O) groups is 2. The fourth-order valence-electron chi connectivity index (χ4n) is 1.79. The van der Waals surface area contributed by atoms with Gasteiger partial charge in [0.1, 0.15) is 5.75 Å². The highest BCUT2D eigenvalue weighted by atomic mass is 16.5. The third kappa shape index (κ3) is 5.07. The van der Waals surface area contributed by atoms with E-state index >= 15 is 0 Å². The molecule has 0 heterocycles. The Labute approximate surface area is 125 Å². The lowest BCUT2D eigenvalue weighted by atomic mass is 10.1. The molecular weight excluding hydrogens is 270 g/mol. The topological polar surface area (TPSA) is 93.5 Å². The normalized spacial score (nSPS) is 13.2. The summed E-state index contributed by atoms with van der Waals surface area (Å²) < 4.78 is 5.63. The monoisotopic (exact) mass is 293 g/mol. The fraction of sp³-hybridized carbons (Fsp3) is 0.467. The summed E-state index contributed by atoms with van der Waals surface area (Å²) in [6.45, 7) is 7.60. The van der Waals surface area contributed by atoms with Crippen LogP contribution in [0.15, 0.2) is 18.2 Å². The molecule has 1 rings (SSSR count). The van der Waals surface area contributed by atoms with Crippen molar-refractivity contribution in [3.63, 3.8) is 0 Å². The number of hydrogen-bond acceptors (Lipinski definition) is 4. The maximum Gasteiger partial charge on any atom is 0.321 e. The highest BCUT2D eigenvalue weighted by molar-refractivity contribution is 5.96. The van der Waals surface area contributed by atoms with Gasteiger partial charge in [-0.15, -0.1) is 0 Å².